The molecule has 0 radical (unpaired) electrons. The van der Waals surface area contributed by atoms with E-state index in [1.165, 1.54) is 70.6 Å². The molecule has 1 N–H and O–H groups in total. The van der Waals surface area contributed by atoms with E-state index < -0.39 is 16.7 Å². The van der Waals surface area contributed by atoms with E-state index >= 15 is 0 Å². The summed E-state index contributed by atoms with van der Waals surface area (Å²) in [5, 5.41) is 0. The van der Waals surface area contributed by atoms with Crippen molar-refractivity contribution in [1.29, 1.82) is 0 Å². The minimum atomic E-state index is -4.44. The largest absolute Gasteiger partial charge is 0.399 e. The van der Waals surface area contributed by atoms with Crippen LogP contribution in [0, 0.1) is 0 Å². The molecular formula is C19H40O5S. The molecule has 0 aliphatic carbocycles. The standard InChI is InChI=1S/C19H40O5S/c1-3-5-6-7-8-9-10-11-12-13-14-15-16-18-23-19(17-4-2)24-25(20,21)22/h19H,3-18H2,1-2H3,(H,20,21,22). The summed E-state index contributed by atoms with van der Waals surface area (Å²) >= 11 is 0. The highest BCUT2D eigenvalue weighted by Gasteiger charge is 2.16. The van der Waals surface area contributed by atoms with Gasteiger partial charge in [0.2, 0.25) is 0 Å². The molecule has 0 bridgehead atoms. The van der Waals surface area contributed by atoms with E-state index in [4.69, 9.17) is 9.29 Å². The van der Waals surface area contributed by atoms with Gasteiger partial charge in [0, 0.05) is 6.61 Å². The molecule has 0 aliphatic rings. The van der Waals surface area contributed by atoms with Gasteiger partial charge in [0.1, 0.15) is 0 Å². The highest BCUT2D eigenvalue weighted by Crippen LogP contribution is 2.13. The Bertz CT molecular complexity index is 370. The summed E-state index contributed by atoms with van der Waals surface area (Å²) in [7, 11) is -4.44. The van der Waals surface area contributed by atoms with Gasteiger partial charge in [-0.2, -0.15) is 8.42 Å². The molecule has 0 heterocycles. The Hall–Kier alpha value is -0.170. The molecule has 0 rings (SSSR count). The zero-order chi connectivity index (χ0) is 18.8. The molecule has 0 aliphatic heterocycles. The van der Waals surface area contributed by atoms with Crippen molar-refractivity contribution in [2.45, 2.75) is 116 Å². The van der Waals surface area contributed by atoms with Crippen LogP contribution in [-0.2, 0) is 19.3 Å². The van der Waals surface area contributed by atoms with Gasteiger partial charge in [-0.25, -0.2) is 4.18 Å². The fraction of sp³-hybridized carbons (Fsp3) is 1.00. The van der Waals surface area contributed by atoms with Crippen molar-refractivity contribution in [2.75, 3.05) is 6.61 Å². The molecular weight excluding hydrogens is 340 g/mol. The molecule has 0 amide bonds. The second-order valence-corrected chi connectivity index (χ2v) is 7.90. The summed E-state index contributed by atoms with van der Waals surface area (Å²) in [6.45, 7) is 4.63. The van der Waals surface area contributed by atoms with E-state index in [9.17, 15) is 8.42 Å². The Balaban J connectivity index is 3.37. The Morgan fingerprint density at radius 3 is 1.56 bits per heavy atom. The second-order valence-electron chi connectivity index (χ2n) is 6.86. The molecule has 1 unspecified atom stereocenters. The van der Waals surface area contributed by atoms with Crippen LogP contribution < -0.4 is 0 Å². The molecule has 152 valence electrons. The SMILES string of the molecule is CCCCCCCCCCCCCCCOC(CCC)OS(=O)(=O)O. The maximum Gasteiger partial charge on any atom is 0.399 e. The van der Waals surface area contributed by atoms with Crippen LogP contribution in [0.3, 0.4) is 0 Å². The Morgan fingerprint density at radius 2 is 1.16 bits per heavy atom. The smallest absolute Gasteiger partial charge is 0.351 e. The van der Waals surface area contributed by atoms with Crippen molar-refractivity contribution in [1.82, 2.24) is 0 Å². The maximum atomic E-state index is 10.7. The molecule has 1 atom stereocenters. The summed E-state index contributed by atoms with van der Waals surface area (Å²) in [6.07, 6.45) is 17.0. The quantitative estimate of drug-likeness (QED) is 0.168. The highest BCUT2D eigenvalue weighted by molar-refractivity contribution is 7.80. The minimum absolute atomic E-state index is 0.457. The van der Waals surface area contributed by atoms with Crippen LogP contribution in [0.2, 0.25) is 0 Å². The minimum Gasteiger partial charge on any atom is -0.351 e. The third-order valence-corrected chi connectivity index (χ3v) is 4.76. The molecule has 0 aromatic heterocycles. The number of rotatable bonds is 19. The molecule has 5 nitrogen and oxygen atoms in total. The lowest BCUT2D eigenvalue weighted by molar-refractivity contribution is -0.0867. The molecule has 25 heavy (non-hydrogen) atoms. The van der Waals surface area contributed by atoms with Gasteiger partial charge < -0.3 is 4.74 Å². The molecule has 0 aromatic carbocycles. The monoisotopic (exact) mass is 380 g/mol. The fourth-order valence-electron chi connectivity index (χ4n) is 2.87. The van der Waals surface area contributed by atoms with Gasteiger partial charge in [-0.15, -0.1) is 0 Å². The molecule has 0 saturated heterocycles. The summed E-state index contributed by atoms with van der Waals surface area (Å²) in [4.78, 5) is 0. The van der Waals surface area contributed by atoms with E-state index in [0.717, 1.165) is 19.3 Å². The van der Waals surface area contributed by atoms with Gasteiger partial charge in [-0.1, -0.05) is 97.3 Å². The van der Waals surface area contributed by atoms with Crippen molar-refractivity contribution >= 4 is 10.4 Å². The zero-order valence-electron chi connectivity index (χ0n) is 16.4. The van der Waals surface area contributed by atoms with Gasteiger partial charge in [0.05, 0.1) is 0 Å². The summed E-state index contributed by atoms with van der Waals surface area (Å²) in [5.74, 6) is 0. The molecule has 0 saturated carbocycles. The lowest BCUT2D eigenvalue weighted by Gasteiger charge is -2.15. The first-order valence-electron chi connectivity index (χ1n) is 10.3. The number of unbranched alkanes of at least 4 members (excludes halogenated alkanes) is 12. The van der Waals surface area contributed by atoms with Crippen LogP contribution in [0.1, 0.15) is 110 Å². The first-order chi connectivity index (χ1) is 12.0. The Kier molecular flexibility index (Phi) is 17.1. The van der Waals surface area contributed by atoms with Crippen molar-refractivity contribution in [3.63, 3.8) is 0 Å². The van der Waals surface area contributed by atoms with Gasteiger partial charge in [-0.05, 0) is 12.8 Å². The predicted octanol–water partition coefficient (Wildman–Crippen LogP) is 6.04. The number of hydrogen-bond acceptors (Lipinski definition) is 4. The molecule has 0 aromatic rings. The van der Waals surface area contributed by atoms with Crippen molar-refractivity contribution in [2.24, 2.45) is 0 Å². The number of ether oxygens (including phenoxy) is 1. The van der Waals surface area contributed by atoms with E-state index in [1.807, 2.05) is 6.92 Å². The van der Waals surface area contributed by atoms with Crippen LogP contribution in [0.15, 0.2) is 0 Å². The normalized spacial score (nSPS) is 13.2. The average molecular weight is 381 g/mol. The zero-order valence-corrected chi connectivity index (χ0v) is 17.2. The van der Waals surface area contributed by atoms with Gasteiger partial charge in [0.15, 0.2) is 6.29 Å². The van der Waals surface area contributed by atoms with Crippen LogP contribution >= 0.6 is 0 Å². The second kappa shape index (κ2) is 17.3. The molecule has 6 heteroatoms. The first-order valence-corrected chi connectivity index (χ1v) is 11.6. The Morgan fingerprint density at radius 1 is 0.720 bits per heavy atom. The van der Waals surface area contributed by atoms with Crippen molar-refractivity contribution < 1.29 is 21.9 Å². The fourth-order valence-corrected chi connectivity index (χ4v) is 3.29. The Labute approximate surface area is 155 Å². The third-order valence-electron chi connectivity index (χ3n) is 4.30. The lowest BCUT2D eigenvalue weighted by Crippen LogP contribution is -2.21. The van der Waals surface area contributed by atoms with E-state index in [2.05, 4.69) is 11.1 Å². The average Bonchev–Trinajstić information content (AvgIpc) is 2.54. The summed E-state index contributed by atoms with van der Waals surface area (Å²) in [5.41, 5.74) is 0. The third kappa shape index (κ3) is 20.0. The topological polar surface area (TPSA) is 72.8 Å². The summed E-state index contributed by atoms with van der Waals surface area (Å²) < 4.78 is 40.0. The number of hydrogen-bond donors (Lipinski definition) is 1. The van der Waals surface area contributed by atoms with Crippen LogP contribution in [0.4, 0.5) is 0 Å². The predicted molar refractivity (Wildman–Crippen MR) is 103 cm³/mol. The van der Waals surface area contributed by atoms with Crippen molar-refractivity contribution in [3.8, 4) is 0 Å². The highest BCUT2D eigenvalue weighted by atomic mass is 32.3. The summed E-state index contributed by atoms with van der Waals surface area (Å²) in [6, 6.07) is 0. The maximum absolute atomic E-state index is 10.7. The molecule has 0 fully saturated rings. The van der Waals surface area contributed by atoms with Crippen LogP contribution in [-0.4, -0.2) is 25.9 Å². The van der Waals surface area contributed by atoms with Crippen molar-refractivity contribution in [3.05, 3.63) is 0 Å². The van der Waals surface area contributed by atoms with Crippen LogP contribution in [0.25, 0.3) is 0 Å². The van der Waals surface area contributed by atoms with Crippen LogP contribution in [0.5, 0.6) is 0 Å². The van der Waals surface area contributed by atoms with E-state index in [1.54, 1.807) is 0 Å². The van der Waals surface area contributed by atoms with Gasteiger partial charge in [-0.3, -0.25) is 4.55 Å². The van der Waals surface area contributed by atoms with E-state index in [-0.39, 0.29) is 0 Å². The first kappa shape index (κ1) is 24.8. The van der Waals surface area contributed by atoms with Gasteiger partial charge >= 0.3 is 10.4 Å². The van der Waals surface area contributed by atoms with E-state index in [0.29, 0.717) is 13.0 Å². The van der Waals surface area contributed by atoms with Gasteiger partial charge in [0.25, 0.3) is 0 Å². The lowest BCUT2D eigenvalue weighted by atomic mass is 10.0. The molecule has 0 spiro atoms.